The maximum Gasteiger partial charge on any atom is 0.0293 e. The zero-order chi connectivity index (χ0) is 4.28. The first-order chi connectivity index (χ1) is 2.27. The van der Waals surface area contributed by atoms with Gasteiger partial charge < -0.3 is 6.15 Å². The third kappa shape index (κ3) is 8.89. The van der Waals surface area contributed by atoms with Crippen molar-refractivity contribution >= 4 is 11.9 Å². The van der Waals surface area contributed by atoms with Crippen LogP contribution < -0.4 is 6.15 Å². The van der Waals surface area contributed by atoms with Gasteiger partial charge in [0, 0.05) is 7.05 Å². The Kier molecular flexibility index (Phi) is 8.24. The molecule has 0 atom stereocenters. The minimum atomic E-state index is 0. The smallest absolute Gasteiger partial charge is 0.0293 e. The van der Waals surface area contributed by atoms with Gasteiger partial charge in [0.05, 0.1) is 0 Å². The zero-order valence-corrected chi connectivity index (χ0v) is 4.76. The molecule has 4 heteroatoms. The molecule has 0 aliphatic heterocycles. The van der Waals surface area contributed by atoms with Crippen LogP contribution in [0.4, 0.5) is 4.48 Å². The number of hydrogen-bond donors (Lipinski definition) is 1. The molecule has 40 valence electrons. The molecule has 0 unspecified atom stereocenters. The van der Waals surface area contributed by atoms with E-state index in [2.05, 4.69) is 0 Å². The van der Waals surface area contributed by atoms with Gasteiger partial charge in [-0.05, 0) is 6.26 Å². The molecule has 0 aromatic heterocycles. The Morgan fingerprint density at radius 1 is 1.67 bits per heavy atom. The van der Waals surface area contributed by atoms with Crippen molar-refractivity contribution < 1.29 is 4.48 Å². The minimum absolute atomic E-state index is 0. The van der Waals surface area contributed by atoms with E-state index in [0.29, 0.717) is 4.53 Å². The molecular weight excluding hydrogens is 103 g/mol. The van der Waals surface area contributed by atoms with Gasteiger partial charge in [-0.15, -0.1) is 4.48 Å². The van der Waals surface area contributed by atoms with Crippen LogP contribution in [-0.4, -0.2) is 17.8 Å². The quantitative estimate of drug-likeness (QED) is 0.409. The van der Waals surface area contributed by atoms with Gasteiger partial charge in [-0.1, -0.05) is 16.5 Å². The van der Waals surface area contributed by atoms with Crippen molar-refractivity contribution in [3.05, 3.63) is 0 Å². The van der Waals surface area contributed by atoms with Gasteiger partial charge in [0.15, 0.2) is 0 Å². The van der Waals surface area contributed by atoms with E-state index in [4.69, 9.17) is 0 Å². The largest absolute Gasteiger partial charge is 0.344 e. The first-order valence-corrected chi connectivity index (χ1v) is 2.39. The SMILES string of the molecule is CSN(C)F.N. The fourth-order valence-electron chi connectivity index (χ4n) is 0. The summed E-state index contributed by atoms with van der Waals surface area (Å²) in [6, 6.07) is 0. The number of hydrogen-bond acceptors (Lipinski definition) is 3. The molecule has 0 aliphatic carbocycles. The average molecular weight is 112 g/mol. The number of rotatable bonds is 1. The Hall–Kier alpha value is 0.200. The second-order valence-corrected chi connectivity index (χ2v) is 1.47. The highest BCUT2D eigenvalue weighted by Gasteiger charge is 1.79. The molecule has 0 aliphatic rings. The molecule has 0 amide bonds. The third-order valence-corrected chi connectivity index (χ3v) is 0.755. The lowest BCUT2D eigenvalue weighted by molar-refractivity contribution is 0.202. The monoisotopic (exact) mass is 112 g/mol. The molecule has 0 heterocycles. The van der Waals surface area contributed by atoms with Crippen LogP contribution in [0, 0.1) is 0 Å². The summed E-state index contributed by atoms with van der Waals surface area (Å²) >= 11 is 1.05. The number of halogens is 1. The lowest BCUT2D eigenvalue weighted by atomic mass is 11.6. The van der Waals surface area contributed by atoms with Gasteiger partial charge in [0.2, 0.25) is 0 Å². The Morgan fingerprint density at radius 3 is 1.83 bits per heavy atom. The molecule has 0 spiro atoms. The van der Waals surface area contributed by atoms with Crippen LogP contribution in [0.25, 0.3) is 0 Å². The van der Waals surface area contributed by atoms with E-state index in [1.807, 2.05) is 0 Å². The van der Waals surface area contributed by atoms with E-state index in [-0.39, 0.29) is 6.15 Å². The third-order valence-electron chi connectivity index (χ3n) is 0.252. The second-order valence-electron chi connectivity index (χ2n) is 0.603. The van der Waals surface area contributed by atoms with Crippen molar-refractivity contribution in [1.82, 2.24) is 10.7 Å². The van der Waals surface area contributed by atoms with Crippen LogP contribution >= 0.6 is 11.9 Å². The van der Waals surface area contributed by atoms with E-state index in [1.165, 1.54) is 7.05 Å². The van der Waals surface area contributed by atoms with Crippen molar-refractivity contribution in [2.75, 3.05) is 13.3 Å². The second kappa shape index (κ2) is 5.20. The van der Waals surface area contributed by atoms with Crippen LogP contribution in [0.1, 0.15) is 0 Å². The van der Waals surface area contributed by atoms with Crippen LogP contribution in [0.2, 0.25) is 0 Å². The minimum Gasteiger partial charge on any atom is -0.344 e. The number of nitrogens with zero attached hydrogens (tertiary/aromatic N) is 1. The fourth-order valence-corrected chi connectivity index (χ4v) is 0. The van der Waals surface area contributed by atoms with Crippen molar-refractivity contribution in [3.63, 3.8) is 0 Å². The molecule has 0 fully saturated rings. The standard InChI is InChI=1S/C2H6FNS.H3N/c1-4(3)5-2;/h1-2H3;1H3. The first-order valence-electron chi connectivity index (χ1n) is 1.21. The Balaban J connectivity index is 0. The Labute approximate surface area is 41.4 Å². The summed E-state index contributed by atoms with van der Waals surface area (Å²) in [4.78, 5) is 0. The summed E-state index contributed by atoms with van der Waals surface area (Å²) in [7, 11) is 1.35. The molecule has 0 saturated carbocycles. The fraction of sp³-hybridized carbons (Fsp3) is 1.00. The van der Waals surface area contributed by atoms with E-state index in [1.54, 1.807) is 6.26 Å². The summed E-state index contributed by atoms with van der Waals surface area (Å²) in [5.41, 5.74) is 0. The topological polar surface area (TPSA) is 38.2 Å². The molecule has 0 bridgehead atoms. The van der Waals surface area contributed by atoms with Gasteiger partial charge in [-0.3, -0.25) is 0 Å². The van der Waals surface area contributed by atoms with Crippen molar-refractivity contribution in [2.24, 2.45) is 0 Å². The average Bonchev–Trinajstić information content (AvgIpc) is 1.38. The van der Waals surface area contributed by atoms with Crippen LogP contribution in [0.15, 0.2) is 0 Å². The molecule has 3 N–H and O–H groups in total. The highest BCUT2D eigenvalue weighted by Crippen LogP contribution is 1.96. The molecule has 6 heavy (non-hydrogen) atoms. The summed E-state index contributed by atoms with van der Waals surface area (Å²) in [5, 5.41) is 0. The van der Waals surface area contributed by atoms with Gasteiger partial charge in [-0.2, -0.15) is 0 Å². The lowest BCUT2D eigenvalue weighted by Crippen LogP contribution is -1.87. The lowest BCUT2D eigenvalue weighted by Gasteiger charge is -1.91. The van der Waals surface area contributed by atoms with Gasteiger partial charge in [0.25, 0.3) is 0 Å². The molecule has 0 rings (SSSR count). The van der Waals surface area contributed by atoms with E-state index in [0.717, 1.165) is 11.9 Å². The maximum absolute atomic E-state index is 11.2. The summed E-state index contributed by atoms with van der Waals surface area (Å²) in [6.45, 7) is 0. The summed E-state index contributed by atoms with van der Waals surface area (Å²) in [6.07, 6.45) is 1.67. The molecule has 0 aromatic carbocycles. The predicted molar refractivity (Wildman–Crippen MR) is 27.4 cm³/mol. The van der Waals surface area contributed by atoms with Crippen LogP contribution in [0.3, 0.4) is 0 Å². The highest BCUT2D eigenvalue weighted by atomic mass is 32.2. The van der Waals surface area contributed by atoms with Crippen molar-refractivity contribution in [1.29, 1.82) is 0 Å². The Bertz CT molecular complexity index is 25.5. The van der Waals surface area contributed by atoms with Crippen molar-refractivity contribution in [3.8, 4) is 0 Å². The Morgan fingerprint density at radius 2 is 1.83 bits per heavy atom. The summed E-state index contributed by atoms with van der Waals surface area (Å²) < 4.78 is 11.8. The van der Waals surface area contributed by atoms with E-state index in [9.17, 15) is 4.48 Å². The van der Waals surface area contributed by atoms with Crippen LogP contribution in [-0.2, 0) is 0 Å². The van der Waals surface area contributed by atoms with E-state index >= 15 is 0 Å². The van der Waals surface area contributed by atoms with Gasteiger partial charge >= 0.3 is 0 Å². The van der Waals surface area contributed by atoms with Crippen LogP contribution in [0.5, 0.6) is 0 Å². The van der Waals surface area contributed by atoms with E-state index < -0.39 is 0 Å². The zero-order valence-electron chi connectivity index (χ0n) is 3.94. The first kappa shape index (κ1) is 9.50. The maximum atomic E-state index is 11.2. The molecular formula is C2H9FN2S. The molecule has 0 aromatic rings. The highest BCUT2D eigenvalue weighted by molar-refractivity contribution is 7.96. The van der Waals surface area contributed by atoms with Crippen molar-refractivity contribution in [2.45, 2.75) is 0 Å². The molecule has 0 radical (unpaired) electrons. The van der Waals surface area contributed by atoms with Gasteiger partial charge in [0.1, 0.15) is 0 Å². The normalized spacial score (nSPS) is 8.00. The molecule has 0 saturated heterocycles. The van der Waals surface area contributed by atoms with Gasteiger partial charge in [-0.25, -0.2) is 0 Å². The molecule has 2 nitrogen and oxygen atoms in total. The summed E-state index contributed by atoms with van der Waals surface area (Å²) in [5.74, 6) is 0. The predicted octanol–water partition coefficient (Wildman–Crippen LogP) is 1.24.